The van der Waals surface area contributed by atoms with E-state index in [-0.39, 0.29) is 11.7 Å². The minimum Gasteiger partial charge on any atom is -0.476 e. The van der Waals surface area contributed by atoms with E-state index in [0.717, 1.165) is 0 Å². The van der Waals surface area contributed by atoms with Gasteiger partial charge in [0.15, 0.2) is 6.29 Å². The number of aldehydes is 1. The predicted molar refractivity (Wildman–Crippen MR) is 64.1 cm³/mol. The smallest absolute Gasteiger partial charge is 0.320 e. The Labute approximate surface area is 101 Å². The lowest BCUT2D eigenvalue weighted by Gasteiger charge is -2.18. The van der Waals surface area contributed by atoms with Crippen LogP contribution in [0.25, 0.3) is 0 Å². The topological polar surface area (TPSA) is 64.5 Å². The number of aromatic nitrogens is 2. The molecule has 0 N–H and O–H groups in total. The van der Waals surface area contributed by atoms with Gasteiger partial charge in [-0.05, 0) is 13.8 Å². The van der Waals surface area contributed by atoms with Gasteiger partial charge in [0, 0.05) is 14.1 Å². The Bertz CT molecular complexity index is 394. The molecule has 0 spiro atoms. The lowest BCUT2D eigenvalue weighted by molar-refractivity contribution is 0.111. The number of ether oxygens (including phenoxy) is 2. The van der Waals surface area contributed by atoms with Crippen molar-refractivity contribution in [3.63, 3.8) is 0 Å². The number of hydrogen-bond acceptors (Lipinski definition) is 6. The molecule has 6 heteroatoms. The van der Waals surface area contributed by atoms with Crippen molar-refractivity contribution in [1.82, 2.24) is 9.97 Å². The third-order valence-corrected chi connectivity index (χ3v) is 1.97. The van der Waals surface area contributed by atoms with Gasteiger partial charge in [0.25, 0.3) is 0 Å². The molecule has 0 radical (unpaired) electrons. The van der Waals surface area contributed by atoms with E-state index in [4.69, 9.17) is 9.47 Å². The SMILES string of the molecule is CCOc1nc(C=O)c(N(C)C)c(OCC)n1. The molecule has 0 aliphatic carbocycles. The van der Waals surface area contributed by atoms with E-state index >= 15 is 0 Å². The minimum absolute atomic E-state index is 0.156. The number of rotatable bonds is 6. The van der Waals surface area contributed by atoms with Gasteiger partial charge in [-0.15, -0.1) is 0 Å². The molecule has 6 nitrogen and oxygen atoms in total. The highest BCUT2D eigenvalue weighted by Gasteiger charge is 2.17. The van der Waals surface area contributed by atoms with Crippen molar-refractivity contribution in [2.24, 2.45) is 0 Å². The van der Waals surface area contributed by atoms with Crippen LogP contribution in [0, 0.1) is 0 Å². The van der Waals surface area contributed by atoms with Crippen LogP contribution in [0.5, 0.6) is 11.9 Å². The standard InChI is InChI=1S/C11H17N3O3/c1-5-16-10-9(14(3)4)8(7-15)12-11(13-10)17-6-2/h7H,5-6H2,1-4H3. The first-order valence-electron chi connectivity index (χ1n) is 5.44. The van der Waals surface area contributed by atoms with Crippen molar-refractivity contribution in [2.45, 2.75) is 13.8 Å². The van der Waals surface area contributed by atoms with Gasteiger partial charge in [0.2, 0.25) is 5.88 Å². The van der Waals surface area contributed by atoms with Crippen molar-refractivity contribution in [3.05, 3.63) is 5.69 Å². The molecule has 0 fully saturated rings. The number of carbonyl (C=O) groups excluding carboxylic acids is 1. The highest BCUT2D eigenvalue weighted by Crippen LogP contribution is 2.29. The summed E-state index contributed by atoms with van der Waals surface area (Å²) < 4.78 is 10.6. The molecule has 0 saturated carbocycles. The van der Waals surface area contributed by atoms with Crippen LogP contribution in [0.2, 0.25) is 0 Å². The van der Waals surface area contributed by atoms with Gasteiger partial charge in [-0.2, -0.15) is 9.97 Å². The van der Waals surface area contributed by atoms with Crippen molar-refractivity contribution in [1.29, 1.82) is 0 Å². The lowest BCUT2D eigenvalue weighted by atomic mass is 10.3. The van der Waals surface area contributed by atoms with Gasteiger partial charge in [-0.3, -0.25) is 4.79 Å². The molecule has 0 aromatic carbocycles. The molecule has 0 bridgehead atoms. The molecular weight excluding hydrogens is 222 g/mol. The van der Waals surface area contributed by atoms with Crippen LogP contribution < -0.4 is 14.4 Å². The first kappa shape index (κ1) is 13.2. The molecule has 0 amide bonds. The van der Waals surface area contributed by atoms with E-state index < -0.39 is 0 Å². The molecule has 0 unspecified atom stereocenters. The highest BCUT2D eigenvalue weighted by molar-refractivity contribution is 5.84. The summed E-state index contributed by atoms with van der Waals surface area (Å²) in [5.74, 6) is 0.359. The van der Waals surface area contributed by atoms with Crippen LogP contribution in [0.4, 0.5) is 5.69 Å². The molecule has 1 rings (SSSR count). The zero-order valence-electron chi connectivity index (χ0n) is 10.6. The molecule has 94 valence electrons. The summed E-state index contributed by atoms with van der Waals surface area (Å²) in [7, 11) is 3.60. The van der Waals surface area contributed by atoms with Crippen LogP contribution in [0.3, 0.4) is 0 Å². The van der Waals surface area contributed by atoms with Gasteiger partial charge < -0.3 is 14.4 Å². The van der Waals surface area contributed by atoms with Crippen molar-refractivity contribution >= 4 is 12.0 Å². The Kier molecular flexibility index (Phi) is 4.68. The zero-order valence-corrected chi connectivity index (χ0v) is 10.6. The van der Waals surface area contributed by atoms with E-state index in [1.807, 2.05) is 13.8 Å². The Morgan fingerprint density at radius 1 is 1.18 bits per heavy atom. The average molecular weight is 239 g/mol. The lowest BCUT2D eigenvalue weighted by Crippen LogP contribution is -2.16. The van der Waals surface area contributed by atoms with E-state index in [0.29, 0.717) is 31.1 Å². The van der Waals surface area contributed by atoms with Crippen LogP contribution in [-0.4, -0.2) is 43.6 Å². The Hall–Kier alpha value is -1.85. The molecule has 17 heavy (non-hydrogen) atoms. The third kappa shape index (κ3) is 3.05. The molecule has 0 atom stereocenters. The van der Waals surface area contributed by atoms with Crippen molar-refractivity contribution < 1.29 is 14.3 Å². The van der Waals surface area contributed by atoms with E-state index in [9.17, 15) is 4.79 Å². The normalized spacial score (nSPS) is 9.88. The second kappa shape index (κ2) is 6.03. The third-order valence-electron chi connectivity index (χ3n) is 1.97. The first-order chi connectivity index (χ1) is 8.13. The summed E-state index contributed by atoms with van der Waals surface area (Å²) >= 11 is 0. The molecule has 0 saturated heterocycles. The number of carbonyl (C=O) groups is 1. The average Bonchev–Trinajstić information content (AvgIpc) is 2.28. The van der Waals surface area contributed by atoms with Gasteiger partial charge in [0.1, 0.15) is 11.4 Å². The quantitative estimate of drug-likeness (QED) is 0.694. The molecule has 1 aromatic rings. The van der Waals surface area contributed by atoms with Crippen LogP contribution in [0.1, 0.15) is 24.3 Å². The first-order valence-corrected chi connectivity index (χ1v) is 5.44. The van der Waals surface area contributed by atoms with Gasteiger partial charge in [-0.25, -0.2) is 0 Å². The second-order valence-electron chi connectivity index (χ2n) is 3.42. The van der Waals surface area contributed by atoms with Crippen LogP contribution in [0.15, 0.2) is 0 Å². The summed E-state index contributed by atoms with van der Waals surface area (Å²) in [6, 6.07) is 0.156. The number of hydrogen-bond donors (Lipinski definition) is 0. The van der Waals surface area contributed by atoms with Gasteiger partial charge >= 0.3 is 6.01 Å². The summed E-state index contributed by atoms with van der Waals surface area (Å²) in [5.41, 5.74) is 0.821. The summed E-state index contributed by atoms with van der Waals surface area (Å²) in [5, 5.41) is 0. The Morgan fingerprint density at radius 2 is 1.82 bits per heavy atom. The van der Waals surface area contributed by atoms with Gasteiger partial charge in [0.05, 0.1) is 13.2 Å². The van der Waals surface area contributed by atoms with E-state index in [1.165, 1.54) is 0 Å². The molecule has 0 aliphatic heterocycles. The number of nitrogens with zero attached hydrogens (tertiary/aromatic N) is 3. The minimum atomic E-state index is 0.156. The Balaban J connectivity index is 3.29. The molecular formula is C11H17N3O3. The predicted octanol–water partition coefficient (Wildman–Crippen LogP) is 1.15. The highest BCUT2D eigenvalue weighted by atomic mass is 16.5. The second-order valence-corrected chi connectivity index (χ2v) is 3.42. The van der Waals surface area contributed by atoms with Crippen molar-refractivity contribution in [3.8, 4) is 11.9 Å². The summed E-state index contributed by atoms with van der Waals surface area (Å²) in [4.78, 5) is 20.9. The maximum Gasteiger partial charge on any atom is 0.320 e. The Morgan fingerprint density at radius 3 is 2.29 bits per heavy atom. The van der Waals surface area contributed by atoms with E-state index in [2.05, 4.69) is 9.97 Å². The molecule has 1 aromatic heterocycles. The fraction of sp³-hybridized carbons (Fsp3) is 0.545. The summed E-state index contributed by atoms with van der Waals surface area (Å²) in [6.45, 7) is 4.57. The fourth-order valence-electron chi connectivity index (χ4n) is 1.36. The maximum absolute atomic E-state index is 11.0. The van der Waals surface area contributed by atoms with Crippen molar-refractivity contribution in [2.75, 3.05) is 32.2 Å². The summed E-state index contributed by atoms with van der Waals surface area (Å²) in [6.07, 6.45) is 0.669. The largest absolute Gasteiger partial charge is 0.476 e. The maximum atomic E-state index is 11.0. The number of anilines is 1. The van der Waals surface area contributed by atoms with Gasteiger partial charge in [-0.1, -0.05) is 0 Å². The fourth-order valence-corrected chi connectivity index (χ4v) is 1.36. The van der Waals surface area contributed by atoms with E-state index in [1.54, 1.807) is 19.0 Å². The van der Waals surface area contributed by atoms with Crippen LogP contribution in [-0.2, 0) is 0 Å². The molecule has 1 heterocycles. The molecule has 0 aliphatic rings. The zero-order chi connectivity index (χ0) is 12.8. The van der Waals surface area contributed by atoms with Crippen LogP contribution >= 0.6 is 0 Å². The monoisotopic (exact) mass is 239 g/mol.